The van der Waals surface area contributed by atoms with Crippen LogP contribution in [0.25, 0.3) is 11.5 Å². The molecular formula is C19H19N7O2. The van der Waals surface area contributed by atoms with Gasteiger partial charge in [0.05, 0.1) is 25.0 Å². The number of hydrogen-bond acceptors (Lipinski definition) is 6. The van der Waals surface area contributed by atoms with Gasteiger partial charge in [-0.3, -0.25) is 9.20 Å². The van der Waals surface area contributed by atoms with Crippen molar-refractivity contribution in [2.45, 2.75) is 19.9 Å². The molecule has 0 aliphatic carbocycles. The molecule has 28 heavy (non-hydrogen) atoms. The van der Waals surface area contributed by atoms with E-state index in [4.69, 9.17) is 4.74 Å². The van der Waals surface area contributed by atoms with Crippen molar-refractivity contribution in [1.29, 1.82) is 0 Å². The second kappa shape index (κ2) is 7.10. The maximum absolute atomic E-state index is 12.6. The molecule has 9 heteroatoms. The zero-order chi connectivity index (χ0) is 19.7. The lowest BCUT2D eigenvalue weighted by Crippen LogP contribution is -2.28. The molecule has 1 atom stereocenters. The fourth-order valence-corrected chi connectivity index (χ4v) is 2.83. The summed E-state index contributed by atoms with van der Waals surface area (Å²) in [6.45, 7) is 3.74. The fraction of sp³-hybridized carbons (Fsp3) is 0.211. The summed E-state index contributed by atoms with van der Waals surface area (Å²) in [5, 5.41) is 15.2. The van der Waals surface area contributed by atoms with Gasteiger partial charge < -0.3 is 10.1 Å². The Morgan fingerprint density at radius 3 is 2.93 bits per heavy atom. The standard InChI is InChI=1S/C19H19N7O2/c1-12-7-8-25-17(23-24-19(25)21-12)18(27)22-13(2)14-10-20-26(11-14)15-5-4-6-16(9-15)28-3/h4-11,13H,1-3H3,(H,22,27). The minimum Gasteiger partial charge on any atom is -0.497 e. The number of rotatable bonds is 5. The summed E-state index contributed by atoms with van der Waals surface area (Å²) in [7, 11) is 1.62. The molecule has 0 fully saturated rings. The SMILES string of the molecule is COc1cccc(-n2cc(C(C)NC(=O)c3nnc4nc(C)ccn34)cn2)c1. The summed E-state index contributed by atoms with van der Waals surface area (Å²) in [5.74, 6) is 0.997. The molecule has 142 valence electrons. The minimum absolute atomic E-state index is 0.189. The predicted octanol–water partition coefficient (Wildman–Crippen LogP) is 2.12. The lowest BCUT2D eigenvalue weighted by Gasteiger charge is -2.11. The largest absolute Gasteiger partial charge is 0.497 e. The Balaban J connectivity index is 1.52. The molecule has 0 aliphatic heterocycles. The molecule has 1 N–H and O–H groups in total. The van der Waals surface area contributed by atoms with Crippen LogP contribution in [0.2, 0.25) is 0 Å². The molecule has 3 aromatic heterocycles. The molecule has 0 spiro atoms. The van der Waals surface area contributed by atoms with Crippen LogP contribution in [-0.4, -0.2) is 42.4 Å². The molecule has 4 rings (SSSR count). The van der Waals surface area contributed by atoms with Gasteiger partial charge in [0, 0.05) is 29.7 Å². The van der Waals surface area contributed by atoms with Crippen molar-refractivity contribution in [3.05, 3.63) is 66.0 Å². The van der Waals surface area contributed by atoms with Crippen molar-refractivity contribution < 1.29 is 9.53 Å². The number of methoxy groups -OCH3 is 1. The average molecular weight is 377 g/mol. The first-order valence-electron chi connectivity index (χ1n) is 8.73. The zero-order valence-corrected chi connectivity index (χ0v) is 15.7. The number of benzene rings is 1. The van der Waals surface area contributed by atoms with Gasteiger partial charge in [-0.1, -0.05) is 6.07 Å². The summed E-state index contributed by atoms with van der Waals surface area (Å²) >= 11 is 0. The monoisotopic (exact) mass is 377 g/mol. The number of hydrogen-bond donors (Lipinski definition) is 1. The van der Waals surface area contributed by atoms with Crippen molar-refractivity contribution in [2.75, 3.05) is 7.11 Å². The molecule has 0 aliphatic rings. The number of amides is 1. The molecule has 0 saturated carbocycles. The van der Waals surface area contributed by atoms with Crippen molar-refractivity contribution in [3.8, 4) is 11.4 Å². The van der Waals surface area contributed by atoms with Gasteiger partial charge in [-0.15, -0.1) is 10.2 Å². The fourth-order valence-electron chi connectivity index (χ4n) is 2.83. The van der Waals surface area contributed by atoms with Crippen LogP contribution in [0, 0.1) is 6.92 Å². The number of nitrogens with one attached hydrogen (secondary N) is 1. The third kappa shape index (κ3) is 3.29. The maximum Gasteiger partial charge on any atom is 0.290 e. The van der Waals surface area contributed by atoms with Crippen LogP contribution in [0.4, 0.5) is 0 Å². The smallest absolute Gasteiger partial charge is 0.290 e. The van der Waals surface area contributed by atoms with Gasteiger partial charge in [0.15, 0.2) is 0 Å². The highest BCUT2D eigenvalue weighted by Gasteiger charge is 2.19. The number of carbonyl (C=O) groups excluding carboxylic acids is 1. The second-order valence-electron chi connectivity index (χ2n) is 6.38. The predicted molar refractivity (Wildman–Crippen MR) is 102 cm³/mol. The van der Waals surface area contributed by atoms with Crippen LogP contribution in [-0.2, 0) is 0 Å². The average Bonchev–Trinajstić information content (AvgIpc) is 3.35. The van der Waals surface area contributed by atoms with Gasteiger partial charge in [-0.2, -0.15) is 5.10 Å². The van der Waals surface area contributed by atoms with Gasteiger partial charge in [-0.05, 0) is 32.0 Å². The number of aryl methyl sites for hydroxylation is 1. The van der Waals surface area contributed by atoms with E-state index >= 15 is 0 Å². The van der Waals surface area contributed by atoms with Crippen molar-refractivity contribution in [2.24, 2.45) is 0 Å². The van der Waals surface area contributed by atoms with E-state index in [1.807, 2.05) is 44.3 Å². The molecule has 4 aromatic rings. The van der Waals surface area contributed by atoms with E-state index in [-0.39, 0.29) is 17.8 Å². The number of ether oxygens (including phenoxy) is 1. The highest BCUT2D eigenvalue weighted by Crippen LogP contribution is 2.18. The van der Waals surface area contributed by atoms with Gasteiger partial charge in [-0.25, -0.2) is 9.67 Å². The molecule has 9 nitrogen and oxygen atoms in total. The number of carbonyl (C=O) groups is 1. The Hall–Kier alpha value is -3.75. The lowest BCUT2D eigenvalue weighted by molar-refractivity contribution is 0.0928. The van der Waals surface area contributed by atoms with Crippen molar-refractivity contribution in [1.82, 2.24) is 34.7 Å². The van der Waals surface area contributed by atoms with Crippen LogP contribution >= 0.6 is 0 Å². The van der Waals surface area contributed by atoms with Gasteiger partial charge in [0.1, 0.15) is 5.75 Å². The van der Waals surface area contributed by atoms with E-state index in [2.05, 4.69) is 25.6 Å². The number of nitrogens with zero attached hydrogens (tertiary/aromatic N) is 6. The van der Waals surface area contributed by atoms with Crippen molar-refractivity contribution >= 4 is 11.7 Å². The highest BCUT2D eigenvalue weighted by atomic mass is 16.5. The van der Waals surface area contributed by atoms with E-state index in [0.717, 1.165) is 22.7 Å². The Morgan fingerprint density at radius 1 is 1.25 bits per heavy atom. The maximum atomic E-state index is 12.6. The third-order valence-electron chi connectivity index (χ3n) is 4.39. The normalized spacial score (nSPS) is 12.1. The van der Waals surface area contributed by atoms with E-state index in [1.165, 1.54) is 0 Å². The van der Waals surface area contributed by atoms with Crippen LogP contribution in [0.3, 0.4) is 0 Å². The van der Waals surface area contributed by atoms with Gasteiger partial charge >= 0.3 is 0 Å². The summed E-state index contributed by atoms with van der Waals surface area (Å²) < 4.78 is 8.55. The Morgan fingerprint density at radius 2 is 2.11 bits per heavy atom. The van der Waals surface area contributed by atoms with Crippen molar-refractivity contribution in [3.63, 3.8) is 0 Å². The Labute approximate surface area is 161 Å². The third-order valence-corrected chi connectivity index (χ3v) is 4.39. The van der Waals surface area contributed by atoms with E-state index in [0.29, 0.717) is 5.78 Å². The zero-order valence-electron chi connectivity index (χ0n) is 15.7. The lowest BCUT2D eigenvalue weighted by atomic mass is 10.2. The molecule has 1 amide bonds. The number of fused-ring (bicyclic) bond motifs is 1. The Kier molecular flexibility index (Phi) is 4.48. The van der Waals surface area contributed by atoms with E-state index in [1.54, 1.807) is 34.7 Å². The summed E-state index contributed by atoms with van der Waals surface area (Å²) in [6, 6.07) is 9.12. The minimum atomic E-state index is -0.334. The molecule has 0 saturated heterocycles. The van der Waals surface area contributed by atoms with E-state index < -0.39 is 0 Å². The van der Waals surface area contributed by atoms with Crippen LogP contribution < -0.4 is 10.1 Å². The summed E-state index contributed by atoms with van der Waals surface area (Å²) in [4.78, 5) is 16.9. The highest BCUT2D eigenvalue weighted by molar-refractivity contribution is 5.91. The molecular weight excluding hydrogens is 358 g/mol. The first-order valence-corrected chi connectivity index (χ1v) is 8.73. The van der Waals surface area contributed by atoms with Crippen LogP contribution in [0.1, 0.15) is 34.8 Å². The molecule has 1 aromatic carbocycles. The topological polar surface area (TPSA) is 99.2 Å². The molecule has 0 radical (unpaired) electrons. The Bertz CT molecular complexity index is 1150. The van der Waals surface area contributed by atoms with Gasteiger partial charge in [0.25, 0.3) is 11.7 Å². The molecule has 3 heterocycles. The number of aromatic nitrogens is 6. The summed E-state index contributed by atoms with van der Waals surface area (Å²) in [6.07, 6.45) is 5.32. The second-order valence-corrected chi connectivity index (χ2v) is 6.38. The summed E-state index contributed by atoms with van der Waals surface area (Å²) in [5.41, 5.74) is 2.54. The first kappa shape index (κ1) is 17.7. The van der Waals surface area contributed by atoms with Crippen LogP contribution in [0.15, 0.2) is 48.9 Å². The van der Waals surface area contributed by atoms with Gasteiger partial charge in [0.2, 0.25) is 5.82 Å². The first-order chi connectivity index (χ1) is 13.5. The quantitative estimate of drug-likeness (QED) is 0.572. The molecule has 0 bridgehead atoms. The molecule has 1 unspecified atom stereocenters. The van der Waals surface area contributed by atoms with Crippen LogP contribution in [0.5, 0.6) is 5.75 Å². The van der Waals surface area contributed by atoms with E-state index in [9.17, 15) is 4.79 Å².